The molecule has 5 nitrogen and oxygen atoms in total. The third-order valence-electron chi connectivity index (χ3n) is 8.03. The van der Waals surface area contributed by atoms with Crippen molar-refractivity contribution in [2.45, 2.75) is 61.6 Å². The van der Waals surface area contributed by atoms with Crippen molar-refractivity contribution in [3.63, 3.8) is 0 Å². The van der Waals surface area contributed by atoms with Crippen molar-refractivity contribution >= 4 is 21.8 Å². The van der Waals surface area contributed by atoms with E-state index in [9.17, 15) is 9.18 Å². The number of alkyl halides is 1. The van der Waals surface area contributed by atoms with Crippen LogP contribution in [0.5, 0.6) is 0 Å². The van der Waals surface area contributed by atoms with E-state index in [-0.39, 0.29) is 21.5 Å². The Hall–Kier alpha value is -1.76. The standard InChI is InChI=1S/C24H27BrFN3O2/c25-24-11-15-7-16(12-24)10-23(9-15,14-24)22(30)29-6-2-4-18(13-29)21-27-20(28-31-21)17-3-1-5-19(26)8-17/h1,3,5,8,15-16,18H,2,4,6-7,9-14H2. The van der Waals surface area contributed by atoms with Gasteiger partial charge in [0.2, 0.25) is 17.6 Å². The second-order valence-electron chi connectivity index (χ2n) is 10.4. The first-order valence-corrected chi connectivity index (χ1v) is 12.3. The molecule has 164 valence electrons. The monoisotopic (exact) mass is 487 g/mol. The maximum atomic E-state index is 13.8. The number of hydrogen-bond donors (Lipinski definition) is 0. The largest absolute Gasteiger partial charge is 0.341 e. The van der Waals surface area contributed by atoms with Crippen LogP contribution in [0, 0.1) is 23.1 Å². The lowest BCUT2D eigenvalue weighted by atomic mass is 9.49. The Kier molecular flexibility index (Phi) is 4.57. The number of carbonyl (C=O) groups is 1. The summed E-state index contributed by atoms with van der Waals surface area (Å²) in [6.07, 6.45) is 8.72. The average molecular weight is 488 g/mol. The van der Waals surface area contributed by atoms with Gasteiger partial charge in [0.05, 0.1) is 11.3 Å². The summed E-state index contributed by atoms with van der Waals surface area (Å²) in [5, 5.41) is 4.07. The average Bonchev–Trinajstić information content (AvgIpc) is 3.22. The molecule has 1 aromatic heterocycles. The molecule has 2 heterocycles. The topological polar surface area (TPSA) is 59.2 Å². The first-order valence-electron chi connectivity index (χ1n) is 11.5. The molecule has 0 N–H and O–H groups in total. The number of carbonyl (C=O) groups excluding carboxylic acids is 1. The van der Waals surface area contributed by atoms with Gasteiger partial charge >= 0.3 is 0 Å². The van der Waals surface area contributed by atoms with Gasteiger partial charge in [0.25, 0.3) is 0 Å². The Bertz CT molecular complexity index is 1010. The maximum Gasteiger partial charge on any atom is 0.231 e. The minimum atomic E-state index is -0.321. The fraction of sp³-hybridized carbons (Fsp3) is 0.625. The van der Waals surface area contributed by atoms with E-state index in [2.05, 4.69) is 31.0 Å². The van der Waals surface area contributed by atoms with Crippen LogP contribution in [-0.4, -0.2) is 38.4 Å². The summed E-state index contributed by atoms with van der Waals surface area (Å²) in [5.74, 6) is 2.40. The lowest BCUT2D eigenvalue weighted by Crippen LogP contribution is -2.59. The summed E-state index contributed by atoms with van der Waals surface area (Å²) in [6, 6.07) is 6.23. The predicted molar refractivity (Wildman–Crippen MR) is 117 cm³/mol. The molecule has 3 unspecified atom stereocenters. The van der Waals surface area contributed by atoms with Crippen LogP contribution in [0.3, 0.4) is 0 Å². The lowest BCUT2D eigenvalue weighted by molar-refractivity contribution is -0.156. The van der Waals surface area contributed by atoms with E-state index in [1.807, 2.05) is 0 Å². The van der Waals surface area contributed by atoms with Crippen LogP contribution in [0.1, 0.15) is 63.2 Å². The zero-order chi connectivity index (χ0) is 21.2. The van der Waals surface area contributed by atoms with Crippen LogP contribution >= 0.6 is 15.9 Å². The fourth-order valence-electron chi connectivity index (χ4n) is 7.25. The molecule has 5 aliphatic rings. The molecule has 0 spiro atoms. The molecule has 0 radical (unpaired) electrons. The van der Waals surface area contributed by atoms with Gasteiger partial charge in [0, 0.05) is 23.0 Å². The number of benzene rings is 1. The molecule has 1 saturated heterocycles. The number of amides is 1. The summed E-state index contributed by atoms with van der Waals surface area (Å²) >= 11 is 4.03. The smallest absolute Gasteiger partial charge is 0.231 e. The highest BCUT2D eigenvalue weighted by atomic mass is 79.9. The minimum absolute atomic E-state index is 0.0411. The van der Waals surface area contributed by atoms with E-state index in [0.29, 0.717) is 41.6 Å². The molecule has 1 aromatic carbocycles. The molecule has 1 aliphatic heterocycles. The molecular formula is C24H27BrFN3O2. The highest BCUT2D eigenvalue weighted by Gasteiger charge is 2.60. The number of nitrogens with zero attached hydrogens (tertiary/aromatic N) is 3. The van der Waals surface area contributed by atoms with Crippen LogP contribution in [0.2, 0.25) is 0 Å². The molecule has 4 aliphatic carbocycles. The van der Waals surface area contributed by atoms with Crippen molar-refractivity contribution in [1.82, 2.24) is 15.0 Å². The third-order valence-corrected chi connectivity index (χ3v) is 8.95. The Morgan fingerprint density at radius 1 is 1.23 bits per heavy atom. The van der Waals surface area contributed by atoms with Gasteiger partial charge in [-0.2, -0.15) is 4.98 Å². The highest BCUT2D eigenvalue weighted by Crippen LogP contribution is 2.65. The van der Waals surface area contributed by atoms with E-state index in [0.717, 1.165) is 38.6 Å². The quantitative estimate of drug-likeness (QED) is 0.550. The molecule has 1 amide bonds. The number of piperidine rings is 1. The van der Waals surface area contributed by atoms with E-state index >= 15 is 0 Å². The number of rotatable bonds is 3. The Morgan fingerprint density at radius 3 is 2.77 bits per heavy atom. The molecule has 7 heteroatoms. The van der Waals surface area contributed by atoms with Gasteiger partial charge in [-0.05, 0) is 75.3 Å². The van der Waals surface area contributed by atoms with E-state index in [1.54, 1.807) is 12.1 Å². The van der Waals surface area contributed by atoms with E-state index in [1.165, 1.54) is 31.4 Å². The van der Waals surface area contributed by atoms with E-state index in [4.69, 9.17) is 4.52 Å². The molecule has 4 saturated carbocycles. The molecular weight excluding hydrogens is 461 g/mol. The predicted octanol–water partition coefficient (Wildman–Crippen LogP) is 5.32. The van der Waals surface area contributed by atoms with Gasteiger partial charge < -0.3 is 9.42 Å². The summed E-state index contributed by atoms with van der Waals surface area (Å²) in [6.45, 7) is 1.45. The van der Waals surface area contributed by atoms with Crippen LogP contribution in [0.15, 0.2) is 28.8 Å². The summed E-state index contributed by atoms with van der Waals surface area (Å²) < 4.78 is 19.3. The van der Waals surface area contributed by atoms with Gasteiger partial charge in [-0.15, -0.1) is 0 Å². The third kappa shape index (κ3) is 3.43. The van der Waals surface area contributed by atoms with Gasteiger partial charge in [-0.1, -0.05) is 33.2 Å². The van der Waals surface area contributed by atoms with Crippen LogP contribution < -0.4 is 0 Å². The fourth-order valence-corrected chi connectivity index (χ4v) is 8.70. The minimum Gasteiger partial charge on any atom is -0.341 e. The second-order valence-corrected chi connectivity index (χ2v) is 12.1. The number of aromatic nitrogens is 2. The number of hydrogen-bond acceptors (Lipinski definition) is 4. The Labute approximate surface area is 189 Å². The molecule has 7 rings (SSSR count). The van der Waals surface area contributed by atoms with Crippen molar-refractivity contribution in [2.24, 2.45) is 17.3 Å². The normalized spacial score (nSPS) is 36.7. The van der Waals surface area contributed by atoms with Gasteiger partial charge in [-0.3, -0.25) is 4.79 Å². The SMILES string of the molecule is O=C(N1CCCC(c2nc(-c3cccc(F)c3)no2)C1)C12CC3CC(CC(Br)(C3)C1)C2. The van der Waals surface area contributed by atoms with Gasteiger partial charge in [0.15, 0.2) is 0 Å². The van der Waals surface area contributed by atoms with Crippen LogP contribution in [-0.2, 0) is 4.79 Å². The summed E-state index contributed by atoms with van der Waals surface area (Å²) in [5.41, 5.74) is 0.423. The number of halogens is 2. The molecule has 31 heavy (non-hydrogen) atoms. The second kappa shape index (κ2) is 7.12. The summed E-state index contributed by atoms with van der Waals surface area (Å²) in [7, 11) is 0. The first kappa shape index (κ1) is 19.9. The zero-order valence-electron chi connectivity index (χ0n) is 17.5. The Balaban J connectivity index is 1.21. The maximum absolute atomic E-state index is 13.8. The van der Waals surface area contributed by atoms with Gasteiger partial charge in [0.1, 0.15) is 5.82 Å². The van der Waals surface area contributed by atoms with Crippen LogP contribution in [0.25, 0.3) is 11.4 Å². The Morgan fingerprint density at radius 2 is 2.03 bits per heavy atom. The van der Waals surface area contributed by atoms with E-state index < -0.39 is 0 Å². The van der Waals surface area contributed by atoms with Crippen molar-refractivity contribution in [1.29, 1.82) is 0 Å². The highest BCUT2D eigenvalue weighted by molar-refractivity contribution is 9.10. The molecule has 5 fully saturated rings. The van der Waals surface area contributed by atoms with Crippen molar-refractivity contribution in [3.8, 4) is 11.4 Å². The molecule has 3 atom stereocenters. The van der Waals surface area contributed by atoms with Crippen molar-refractivity contribution in [2.75, 3.05) is 13.1 Å². The van der Waals surface area contributed by atoms with Crippen LogP contribution in [0.4, 0.5) is 4.39 Å². The zero-order valence-corrected chi connectivity index (χ0v) is 19.1. The van der Waals surface area contributed by atoms with Crippen molar-refractivity contribution < 1.29 is 13.7 Å². The lowest BCUT2D eigenvalue weighted by Gasteiger charge is -2.60. The molecule has 4 bridgehead atoms. The first-order chi connectivity index (χ1) is 14.9. The van der Waals surface area contributed by atoms with Crippen molar-refractivity contribution in [3.05, 3.63) is 36.0 Å². The van der Waals surface area contributed by atoms with Gasteiger partial charge in [-0.25, -0.2) is 4.39 Å². The number of likely N-dealkylation sites (tertiary alicyclic amines) is 1. The summed E-state index contributed by atoms with van der Waals surface area (Å²) in [4.78, 5) is 20.5. The molecule has 2 aromatic rings.